The lowest BCUT2D eigenvalue weighted by Gasteiger charge is -2.38. The van der Waals surface area contributed by atoms with Crippen molar-refractivity contribution in [2.45, 2.75) is 63.8 Å². The Morgan fingerprint density at radius 1 is 1.02 bits per heavy atom. The molecule has 1 saturated carbocycles. The average Bonchev–Trinajstić information content (AvgIpc) is 3.44. The predicted molar refractivity (Wildman–Crippen MR) is 157 cm³/mol. The summed E-state index contributed by atoms with van der Waals surface area (Å²) in [7, 11) is 0. The van der Waals surface area contributed by atoms with E-state index in [9.17, 15) is 42.3 Å². The minimum atomic E-state index is -4.70. The molecule has 0 spiro atoms. The van der Waals surface area contributed by atoms with Gasteiger partial charge in [0.2, 0.25) is 17.4 Å². The Hall–Kier alpha value is -4.87. The Balaban J connectivity index is 1.59. The fourth-order valence-corrected chi connectivity index (χ4v) is 5.08. The Labute approximate surface area is 272 Å². The lowest BCUT2D eigenvalue weighted by atomic mass is 9.80. The number of hydroxylamine groups is 2. The van der Waals surface area contributed by atoms with Gasteiger partial charge < -0.3 is 34.4 Å². The van der Waals surface area contributed by atoms with Gasteiger partial charge >= 0.3 is 24.3 Å². The van der Waals surface area contributed by atoms with Crippen molar-refractivity contribution in [3.63, 3.8) is 0 Å². The van der Waals surface area contributed by atoms with Crippen molar-refractivity contribution in [1.29, 1.82) is 0 Å². The highest BCUT2D eigenvalue weighted by atomic mass is 19.4. The lowest BCUT2D eigenvalue weighted by molar-refractivity contribution is -0.170. The van der Waals surface area contributed by atoms with E-state index in [1.54, 1.807) is 13.8 Å². The predicted octanol–water partition coefficient (Wildman–Crippen LogP) is 2.95. The number of hydrogen-bond acceptors (Lipinski definition) is 11. The van der Waals surface area contributed by atoms with E-state index < -0.39 is 59.7 Å². The van der Waals surface area contributed by atoms with Gasteiger partial charge in [-0.25, -0.2) is 14.3 Å². The second-order valence-electron chi connectivity index (χ2n) is 11.0. The van der Waals surface area contributed by atoms with Gasteiger partial charge in [0.05, 0.1) is 37.6 Å². The maximum absolute atomic E-state index is 13.6. The normalized spacial score (nSPS) is 16.6. The van der Waals surface area contributed by atoms with E-state index in [4.69, 9.17) is 19.0 Å². The van der Waals surface area contributed by atoms with E-state index >= 15 is 0 Å². The Morgan fingerprint density at radius 3 is 2.29 bits per heavy atom. The molecule has 2 heterocycles. The van der Waals surface area contributed by atoms with Crippen molar-refractivity contribution in [3.8, 4) is 11.6 Å². The summed E-state index contributed by atoms with van der Waals surface area (Å²) in [4.78, 5) is 69.2. The Morgan fingerprint density at radius 2 is 1.71 bits per heavy atom. The summed E-state index contributed by atoms with van der Waals surface area (Å²) in [5.41, 5.74) is -2.94. The number of carboxylic acids is 1. The van der Waals surface area contributed by atoms with E-state index in [0.29, 0.717) is 6.42 Å². The minimum absolute atomic E-state index is 0.0592. The summed E-state index contributed by atoms with van der Waals surface area (Å²) < 4.78 is 57.6. The maximum Gasteiger partial charge on any atom is 0.527 e. The smallest absolute Gasteiger partial charge is 0.481 e. The zero-order valence-electron chi connectivity index (χ0n) is 26.3. The fourth-order valence-electron chi connectivity index (χ4n) is 5.08. The SMILES string of the molecule is CCOC(=O)ON1CCN(C(=O)[C@H](CCC(=O)O)NC(=O)c2cc(OC3(C(=O)OCC)CCC3)n(-c3cccc(C(F)(F)F)c3)n2)CC1. The summed E-state index contributed by atoms with van der Waals surface area (Å²) in [5, 5.41) is 17.3. The number of carboxylic acid groups (broad SMARTS) is 1. The van der Waals surface area contributed by atoms with Crippen LogP contribution in [0.4, 0.5) is 18.0 Å². The van der Waals surface area contributed by atoms with E-state index in [0.717, 1.165) is 28.9 Å². The van der Waals surface area contributed by atoms with Crippen LogP contribution in [0, 0.1) is 0 Å². The number of amides is 2. The zero-order chi connectivity index (χ0) is 35.1. The molecule has 48 heavy (non-hydrogen) atoms. The number of nitrogens with one attached hydrogen (secondary N) is 1. The second kappa shape index (κ2) is 15.4. The number of hydrogen-bond donors (Lipinski definition) is 2. The van der Waals surface area contributed by atoms with Crippen molar-refractivity contribution >= 4 is 29.9 Å². The van der Waals surface area contributed by atoms with Crippen molar-refractivity contribution in [2.24, 2.45) is 0 Å². The van der Waals surface area contributed by atoms with Gasteiger partial charge in [-0.15, -0.1) is 5.06 Å². The van der Waals surface area contributed by atoms with Crippen LogP contribution < -0.4 is 10.1 Å². The van der Waals surface area contributed by atoms with E-state index in [-0.39, 0.29) is 75.9 Å². The Kier molecular flexibility index (Phi) is 11.5. The van der Waals surface area contributed by atoms with E-state index in [1.807, 2.05) is 0 Å². The number of halogens is 3. The van der Waals surface area contributed by atoms with Crippen LogP contribution >= 0.6 is 0 Å². The largest absolute Gasteiger partial charge is 0.527 e. The first-order chi connectivity index (χ1) is 22.8. The first kappa shape index (κ1) is 36.0. The highest BCUT2D eigenvalue weighted by Crippen LogP contribution is 2.39. The molecule has 2 aromatic rings. The molecule has 0 radical (unpaired) electrons. The first-order valence-corrected chi connectivity index (χ1v) is 15.3. The van der Waals surface area contributed by atoms with Gasteiger partial charge in [-0.3, -0.25) is 14.4 Å². The zero-order valence-corrected chi connectivity index (χ0v) is 26.3. The van der Waals surface area contributed by atoms with E-state index in [1.165, 1.54) is 16.0 Å². The van der Waals surface area contributed by atoms with Crippen LogP contribution in [0.5, 0.6) is 5.88 Å². The molecule has 2 aliphatic rings. The molecule has 4 rings (SSSR count). The van der Waals surface area contributed by atoms with Crippen molar-refractivity contribution in [3.05, 3.63) is 41.6 Å². The highest BCUT2D eigenvalue weighted by Gasteiger charge is 2.49. The number of aromatic nitrogens is 2. The number of benzene rings is 1. The van der Waals surface area contributed by atoms with Crippen molar-refractivity contribution in [2.75, 3.05) is 39.4 Å². The molecular formula is C30H36F3N5O10. The quantitative estimate of drug-likeness (QED) is 0.296. The molecule has 2 amide bonds. The summed E-state index contributed by atoms with van der Waals surface area (Å²) in [5.74, 6) is -3.67. The molecule has 262 valence electrons. The number of carbonyl (C=O) groups is 5. The molecule has 1 aliphatic heterocycles. The fraction of sp³-hybridized carbons (Fsp3) is 0.533. The number of rotatable bonds is 13. The number of piperazine rings is 1. The molecule has 1 aromatic carbocycles. The van der Waals surface area contributed by atoms with Crippen LogP contribution in [0.3, 0.4) is 0 Å². The highest BCUT2D eigenvalue weighted by molar-refractivity contribution is 5.96. The molecule has 15 nitrogen and oxygen atoms in total. The van der Waals surface area contributed by atoms with Crippen LogP contribution in [0.15, 0.2) is 30.3 Å². The number of nitrogens with zero attached hydrogens (tertiary/aromatic N) is 4. The monoisotopic (exact) mass is 683 g/mol. The van der Waals surface area contributed by atoms with Crippen LogP contribution in [-0.4, -0.2) is 106 Å². The second-order valence-corrected chi connectivity index (χ2v) is 11.0. The van der Waals surface area contributed by atoms with Gasteiger partial charge in [-0.05, 0) is 57.7 Å². The van der Waals surface area contributed by atoms with Crippen LogP contribution in [0.25, 0.3) is 5.69 Å². The molecule has 0 bridgehead atoms. The average molecular weight is 684 g/mol. The van der Waals surface area contributed by atoms with Crippen LogP contribution in [0.1, 0.15) is 62.0 Å². The molecule has 1 saturated heterocycles. The minimum Gasteiger partial charge on any atom is -0.481 e. The molecule has 1 aliphatic carbocycles. The maximum atomic E-state index is 13.6. The number of ether oxygens (including phenoxy) is 3. The summed E-state index contributed by atoms with van der Waals surface area (Å²) in [6.07, 6.45) is -5.24. The summed E-state index contributed by atoms with van der Waals surface area (Å²) in [6.45, 7) is 3.79. The lowest BCUT2D eigenvalue weighted by Crippen LogP contribution is -2.55. The summed E-state index contributed by atoms with van der Waals surface area (Å²) in [6, 6.07) is 3.90. The van der Waals surface area contributed by atoms with Crippen LogP contribution in [-0.2, 0) is 34.9 Å². The summed E-state index contributed by atoms with van der Waals surface area (Å²) >= 11 is 0. The third-order valence-corrected chi connectivity index (χ3v) is 7.70. The van der Waals surface area contributed by atoms with Gasteiger partial charge in [0, 0.05) is 25.6 Å². The van der Waals surface area contributed by atoms with Gasteiger partial charge in [-0.2, -0.15) is 18.3 Å². The first-order valence-electron chi connectivity index (χ1n) is 15.3. The van der Waals surface area contributed by atoms with Gasteiger partial charge in [-0.1, -0.05) is 6.07 Å². The van der Waals surface area contributed by atoms with Crippen molar-refractivity contribution < 1.29 is 61.3 Å². The number of esters is 1. The third kappa shape index (κ3) is 8.72. The van der Waals surface area contributed by atoms with Gasteiger partial charge in [0.15, 0.2) is 5.69 Å². The third-order valence-electron chi connectivity index (χ3n) is 7.70. The molecular weight excluding hydrogens is 647 g/mol. The molecule has 1 atom stereocenters. The van der Waals surface area contributed by atoms with Crippen LogP contribution in [0.2, 0.25) is 0 Å². The number of alkyl halides is 3. The Bertz CT molecular complexity index is 1500. The van der Waals surface area contributed by atoms with Gasteiger partial charge in [0.25, 0.3) is 5.91 Å². The number of aliphatic carboxylic acids is 1. The molecule has 2 N–H and O–H groups in total. The van der Waals surface area contributed by atoms with E-state index in [2.05, 4.69) is 10.4 Å². The van der Waals surface area contributed by atoms with Gasteiger partial charge in [0.1, 0.15) is 6.04 Å². The topological polar surface area (TPSA) is 179 Å². The molecule has 18 heteroatoms. The molecule has 0 unspecified atom stereocenters. The molecule has 1 aromatic heterocycles. The molecule has 2 fully saturated rings. The number of carbonyl (C=O) groups excluding carboxylic acids is 4. The van der Waals surface area contributed by atoms with Crippen molar-refractivity contribution in [1.82, 2.24) is 25.1 Å². The standard InChI is InChI=1S/C30H36F3N5O10/c1-3-45-27(43)29(11-6-12-29)47-23-18-22(35-38(23)20-8-5-7-19(17-20)30(31,32)33)25(41)34-21(9-10-24(39)40)26(42)36-13-15-37(16-14-36)48-28(44)46-4-2/h5,7-8,17-18,21H,3-4,6,9-16H2,1-2H3,(H,34,41)(H,39,40)/t21-/m0/s1.